The van der Waals surface area contributed by atoms with Crippen LogP contribution in [0, 0.1) is 13.8 Å². The van der Waals surface area contributed by atoms with E-state index in [2.05, 4.69) is 15.5 Å². The number of hydrogen-bond donors (Lipinski definition) is 1. The van der Waals surface area contributed by atoms with Crippen LogP contribution in [0.5, 0.6) is 0 Å². The molecule has 1 N–H and O–H groups in total. The zero-order valence-electron chi connectivity index (χ0n) is 14.6. The fraction of sp³-hybridized carbons (Fsp3) is 0.389. The van der Waals surface area contributed by atoms with Gasteiger partial charge in [-0.3, -0.25) is 9.48 Å². The lowest BCUT2D eigenvalue weighted by Crippen LogP contribution is -2.36. The number of aromatic nitrogens is 4. The van der Waals surface area contributed by atoms with Crippen LogP contribution < -0.4 is 5.32 Å². The third-order valence-corrected chi connectivity index (χ3v) is 4.89. The molecule has 1 saturated heterocycles. The number of carbonyl (C=O) groups excluding carboxylic acids is 1. The number of aryl methyl sites for hydroxylation is 3. The van der Waals surface area contributed by atoms with Crippen LogP contribution in [-0.4, -0.2) is 38.0 Å². The SMILES string of the molecule is Cc1ccc2c(C(=O)N[C@@H]3CCO[C@H]3c3cnn(C)c3)cnn2c1C. The first kappa shape index (κ1) is 15.8. The number of carbonyl (C=O) groups is 1. The predicted octanol–water partition coefficient (Wildman–Crippen LogP) is 1.94. The molecule has 0 spiro atoms. The number of hydrogen-bond acceptors (Lipinski definition) is 4. The topological polar surface area (TPSA) is 73.4 Å². The molecular formula is C18H21N5O2. The molecule has 25 heavy (non-hydrogen) atoms. The van der Waals surface area contributed by atoms with Gasteiger partial charge in [-0.2, -0.15) is 10.2 Å². The number of pyridine rings is 1. The molecule has 3 aromatic heterocycles. The van der Waals surface area contributed by atoms with Crippen molar-refractivity contribution in [3.63, 3.8) is 0 Å². The van der Waals surface area contributed by atoms with Crippen molar-refractivity contribution in [1.82, 2.24) is 24.7 Å². The lowest BCUT2D eigenvalue weighted by Gasteiger charge is -2.18. The highest BCUT2D eigenvalue weighted by Gasteiger charge is 2.32. The van der Waals surface area contributed by atoms with Crippen molar-refractivity contribution in [2.75, 3.05) is 6.61 Å². The first-order chi connectivity index (χ1) is 12.0. The molecule has 0 saturated carbocycles. The lowest BCUT2D eigenvalue weighted by molar-refractivity contribution is 0.0822. The van der Waals surface area contributed by atoms with Gasteiger partial charge in [0.05, 0.1) is 29.5 Å². The summed E-state index contributed by atoms with van der Waals surface area (Å²) in [7, 11) is 1.87. The summed E-state index contributed by atoms with van der Waals surface area (Å²) in [6.45, 7) is 4.66. The first-order valence-electron chi connectivity index (χ1n) is 8.39. The second kappa shape index (κ2) is 6.00. The quantitative estimate of drug-likeness (QED) is 0.791. The van der Waals surface area contributed by atoms with Crippen LogP contribution in [0.2, 0.25) is 0 Å². The van der Waals surface area contributed by atoms with Gasteiger partial charge >= 0.3 is 0 Å². The van der Waals surface area contributed by atoms with Crippen molar-refractivity contribution < 1.29 is 9.53 Å². The molecule has 7 nitrogen and oxygen atoms in total. The van der Waals surface area contributed by atoms with Crippen LogP contribution >= 0.6 is 0 Å². The summed E-state index contributed by atoms with van der Waals surface area (Å²) in [5.74, 6) is -0.123. The second-order valence-electron chi connectivity index (χ2n) is 6.56. The van der Waals surface area contributed by atoms with E-state index < -0.39 is 0 Å². The van der Waals surface area contributed by atoms with E-state index in [-0.39, 0.29) is 18.1 Å². The van der Waals surface area contributed by atoms with E-state index in [1.165, 1.54) is 0 Å². The van der Waals surface area contributed by atoms with Crippen LogP contribution in [0.15, 0.2) is 30.7 Å². The summed E-state index contributed by atoms with van der Waals surface area (Å²) in [5.41, 5.74) is 4.56. The Labute approximate surface area is 145 Å². The molecule has 0 radical (unpaired) electrons. The Morgan fingerprint density at radius 2 is 2.12 bits per heavy atom. The fourth-order valence-corrected chi connectivity index (χ4v) is 3.35. The highest BCUT2D eigenvalue weighted by atomic mass is 16.5. The largest absolute Gasteiger partial charge is 0.371 e. The molecular weight excluding hydrogens is 318 g/mol. The highest BCUT2D eigenvalue weighted by Crippen LogP contribution is 2.29. The molecule has 0 unspecified atom stereocenters. The summed E-state index contributed by atoms with van der Waals surface area (Å²) >= 11 is 0. The maximum Gasteiger partial charge on any atom is 0.255 e. The first-order valence-corrected chi connectivity index (χ1v) is 8.39. The average molecular weight is 339 g/mol. The minimum atomic E-state index is -0.163. The van der Waals surface area contributed by atoms with E-state index in [1.54, 1.807) is 17.1 Å². The van der Waals surface area contributed by atoms with Crippen molar-refractivity contribution in [3.05, 3.63) is 53.1 Å². The van der Waals surface area contributed by atoms with E-state index in [1.807, 2.05) is 43.7 Å². The molecule has 1 aliphatic rings. The third kappa shape index (κ3) is 2.70. The summed E-state index contributed by atoms with van der Waals surface area (Å²) in [6, 6.07) is 3.88. The molecule has 130 valence electrons. The zero-order valence-corrected chi connectivity index (χ0v) is 14.6. The van der Waals surface area contributed by atoms with Crippen LogP contribution in [0.25, 0.3) is 5.52 Å². The van der Waals surface area contributed by atoms with Gasteiger partial charge in [0, 0.05) is 31.1 Å². The number of nitrogens with one attached hydrogen (secondary N) is 1. The Morgan fingerprint density at radius 3 is 2.88 bits per heavy atom. The highest BCUT2D eigenvalue weighted by molar-refractivity contribution is 6.00. The second-order valence-corrected chi connectivity index (χ2v) is 6.56. The minimum absolute atomic E-state index is 0.0711. The van der Waals surface area contributed by atoms with Crippen molar-refractivity contribution in [1.29, 1.82) is 0 Å². The molecule has 0 aliphatic carbocycles. The van der Waals surface area contributed by atoms with Gasteiger partial charge in [-0.1, -0.05) is 6.07 Å². The predicted molar refractivity (Wildman–Crippen MR) is 92.4 cm³/mol. The van der Waals surface area contributed by atoms with Gasteiger partial charge in [0.1, 0.15) is 6.10 Å². The molecule has 7 heteroatoms. The summed E-state index contributed by atoms with van der Waals surface area (Å²) in [6.07, 6.45) is 5.96. The van der Waals surface area contributed by atoms with Gasteiger partial charge in [0.25, 0.3) is 5.91 Å². The van der Waals surface area contributed by atoms with Gasteiger partial charge in [0.2, 0.25) is 0 Å². The molecule has 1 amide bonds. The Kier molecular flexibility index (Phi) is 3.80. The molecule has 0 bridgehead atoms. The van der Waals surface area contributed by atoms with Gasteiger partial charge < -0.3 is 10.1 Å². The van der Waals surface area contributed by atoms with Gasteiger partial charge in [-0.25, -0.2) is 4.52 Å². The van der Waals surface area contributed by atoms with Crippen LogP contribution in [-0.2, 0) is 11.8 Å². The third-order valence-electron chi connectivity index (χ3n) is 4.89. The maximum absolute atomic E-state index is 12.8. The van der Waals surface area contributed by atoms with Crippen LogP contribution in [0.3, 0.4) is 0 Å². The molecule has 1 aliphatic heterocycles. The molecule has 4 rings (SSSR count). The number of rotatable bonds is 3. The van der Waals surface area contributed by atoms with E-state index >= 15 is 0 Å². The number of ether oxygens (including phenoxy) is 1. The average Bonchev–Trinajstić information content (AvgIpc) is 3.30. The Balaban J connectivity index is 1.59. The van der Waals surface area contributed by atoms with E-state index in [9.17, 15) is 4.79 Å². The number of fused-ring (bicyclic) bond motifs is 1. The molecule has 3 aromatic rings. The smallest absolute Gasteiger partial charge is 0.255 e. The lowest BCUT2D eigenvalue weighted by atomic mass is 10.0. The minimum Gasteiger partial charge on any atom is -0.371 e. The van der Waals surface area contributed by atoms with Crippen molar-refractivity contribution in [2.45, 2.75) is 32.4 Å². The Morgan fingerprint density at radius 1 is 1.28 bits per heavy atom. The number of amides is 1. The Hall–Kier alpha value is -2.67. The van der Waals surface area contributed by atoms with Gasteiger partial charge in [-0.15, -0.1) is 0 Å². The normalized spacial score (nSPS) is 20.3. The van der Waals surface area contributed by atoms with Crippen LogP contribution in [0.4, 0.5) is 0 Å². The van der Waals surface area contributed by atoms with E-state index in [0.717, 1.165) is 28.8 Å². The molecule has 4 heterocycles. The maximum atomic E-state index is 12.8. The number of nitrogens with zero attached hydrogens (tertiary/aromatic N) is 4. The molecule has 2 atom stereocenters. The standard InChI is InChI=1S/C18H21N5O2/c1-11-4-5-16-14(9-20-23(16)12(11)2)18(24)21-15-6-7-25-17(15)13-8-19-22(3)10-13/h4-5,8-10,15,17H,6-7H2,1-3H3,(H,21,24)/t15-,17+/m1/s1. The van der Waals surface area contributed by atoms with Crippen molar-refractivity contribution in [2.24, 2.45) is 7.05 Å². The van der Waals surface area contributed by atoms with E-state index in [0.29, 0.717) is 12.2 Å². The van der Waals surface area contributed by atoms with Crippen molar-refractivity contribution >= 4 is 11.4 Å². The van der Waals surface area contributed by atoms with Gasteiger partial charge in [0.15, 0.2) is 0 Å². The van der Waals surface area contributed by atoms with Crippen molar-refractivity contribution in [3.8, 4) is 0 Å². The zero-order chi connectivity index (χ0) is 17.6. The summed E-state index contributed by atoms with van der Waals surface area (Å²) in [5, 5.41) is 11.7. The fourth-order valence-electron chi connectivity index (χ4n) is 3.35. The van der Waals surface area contributed by atoms with Gasteiger partial charge in [-0.05, 0) is 31.9 Å². The monoisotopic (exact) mass is 339 g/mol. The summed E-state index contributed by atoms with van der Waals surface area (Å²) < 4.78 is 9.37. The molecule has 0 aromatic carbocycles. The Bertz CT molecular complexity index is 942. The summed E-state index contributed by atoms with van der Waals surface area (Å²) in [4.78, 5) is 12.8. The molecule has 1 fully saturated rings. The van der Waals surface area contributed by atoms with Crippen LogP contribution in [0.1, 0.15) is 39.7 Å². The van der Waals surface area contributed by atoms with E-state index in [4.69, 9.17) is 4.74 Å².